The minimum absolute atomic E-state index is 0.893. The quantitative estimate of drug-likeness (QED) is 0.771. The van der Waals surface area contributed by atoms with E-state index < -0.39 is 0 Å². The van der Waals surface area contributed by atoms with Crippen molar-refractivity contribution in [1.82, 2.24) is 15.1 Å². The Balaban J connectivity index is 1.97. The van der Waals surface area contributed by atoms with Crippen LogP contribution in [0.5, 0.6) is 0 Å². The molecule has 0 aliphatic carbocycles. The first-order chi connectivity index (χ1) is 10.4. The summed E-state index contributed by atoms with van der Waals surface area (Å²) >= 11 is 0. The first-order valence-corrected chi connectivity index (χ1v) is 7.28. The number of nitrogens with zero attached hydrogens (tertiary/aromatic N) is 2. The van der Waals surface area contributed by atoms with Crippen molar-refractivity contribution in [3.8, 4) is 16.9 Å². The number of benzene rings is 2. The molecule has 21 heavy (non-hydrogen) atoms. The summed E-state index contributed by atoms with van der Waals surface area (Å²) in [5, 5.41) is 7.82. The maximum absolute atomic E-state index is 4.46. The predicted molar refractivity (Wildman–Crippen MR) is 86.4 cm³/mol. The van der Waals surface area contributed by atoms with E-state index in [4.69, 9.17) is 0 Å². The summed E-state index contributed by atoms with van der Waals surface area (Å²) in [4.78, 5) is 0. The largest absolute Gasteiger partial charge is 0.313 e. The SMILES string of the molecule is CCNCc1cccc(-c2ccnn2-c2ccccc2)c1. The molecule has 1 heterocycles. The monoisotopic (exact) mass is 277 g/mol. The first-order valence-electron chi connectivity index (χ1n) is 7.28. The number of hydrogen-bond acceptors (Lipinski definition) is 2. The molecule has 3 nitrogen and oxygen atoms in total. The van der Waals surface area contributed by atoms with Crippen molar-refractivity contribution in [2.45, 2.75) is 13.5 Å². The van der Waals surface area contributed by atoms with Gasteiger partial charge in [-0.15, -0.1) is 0 Å². The van der Waals surface area contributed by atoms with Gasteiger partial charge < -0.3 is 5.32 Å². The lowest BCUT2D eigenvalue weighted by Gasteiger charge is -2.09. The Bertz CT molecular complexity index is 701. The zero-order valence-corrected chi connectivity index (χ0v) is 12.2. The third-order valence-corrected chi connectivity index (χ3v) is 3.45. The Kier molecular flexibility index (Phi) is 4.12. The molecule has 0 amide bonds. The zero-order chi connectivity index (χ0) is 14.5. The van der Waals surface area contributed by atoms with Gasteiger partial charge in [0, 0.05) is 12.1 Å². The van der Waals surface area contributed by atoms with E-state index in [0.29, 0.717) is 0 Å². The van der Waals surface area contributed by atoms with Crippen LogP contribution < -0.4 is 5.32 Å². The van der Waals surface area contributed by atoms with Crippen LogP contribution in [0.1, 0.15) is 12.5 Å². The molecule has 0 unspecified atom stereocenters. The van der Waals surface area contributed by atoms with E-state index in [0.717, 1.165) is 24.5 Å². The fraction of sp³-hybridized carbons (Fsp3) is 0.167. The lowest BCUT2D eigenvalue weighted by Crippen LogP contribution is -2.11. The summed E-state index contributed by atoms with van der Waals surface area (Å²) in [6.07, 6.45) is 1.85. The number of nitrogens with one attached hydrogen (secondary N) is 1. The molecular weight excluding hydrogens is 258 g/mol. The van der Waals surface area contributed by atoms with Gasteiger partial charge in [0.05, 0.1) is 17.6 Å². The van der Waals surface area contributed by atoms with E-state index in [-0.39, 0.29) is 0 Å². The molecular formula is C18H19N3. The Morgan fingerprint density at radius 3 is 2.67 bits per heavy atom. The van der Waals surface area contributed by atoms with Crippen LogP contribution in [0.2, 0.25) is 0 Å². The number of aromatic nitrogens is 2. The van der Waals surface area contributed by atoms with E-state index in [1.807, 2.05) is 29.1 Å². The molecule has 3 aromatic rings. The van der Waals surface area contributed by atoms with Crippen molar-refractivity contribution in [2.75, 3.05) is 6.54 Å². The summed E-state index contributed by atoms with van der Waals surface area (Å²) < 4.78 is 1.98. The molecule has 0 bridgehead atoms. The van der Waals surface area contributed by atoms with Gasteiger partial charge in [0.25, 0.3) is 0 Å². The molecule has 0 radical (unpaired) electrons. The van der Waals surface area contributed by atoms with Crippen LogP contribution in [-0.2, 0) is 6.54 Å². The van der Waals surface area contributed by atoms with E-state index in [1.54, 1.807) is 0 Å². The molecule has 106 valence electrons. The van der Waals surface area contributed by atoms with Crippen molar-refractivity contribution in [3.05, 3.63) is 72.4 Å². The highest BCUT2D eigenvalue weighted by molar-refractivity contribution is 5.62. The van der Waals surface area contributed by atoms with E-state index in [2.05, 4.69) is 59.8 Å². The van der Waals surface area contributed by atoms with Gasteiger partial charge in [0.2, 0.25) is 0 Å². The van der Waals surface area contributed by atoms with Gasteiger partial charge in [-0.05, 0) is 36.4 Å². The normalized spacial score (nSPS) is 10.7. The molecule has 3 heteroatoms. The van der Waals surface area contributed by atoms with Gasteiger partial charge in [-0.3, -0.25) is 0 Å². The number of para-hydroxylation sites is 1. The van der Waals surface area contributed by atoms with Gasteiger partial charge in [0.15, 0.2) is 0 Å². The molecule has 0 fully saturated rings. The highest BCUT2D eigenvalue weighted by Gasteiger charge is 2.07. The van der Waals surface area contributed by atoms with E-state index in [1.165, 1.54) is 11.1 Å². The van der Waals surface area contributed by atoms with E-state index >= 15 is 0 Å². The Morgan fingerprint density at radius 1 is 1.00 bits per heavy atom. The molecule has 1 aromatic heterocycles. The average molecular weight is 277 g/mol. The van der Waals surface area contributed by atoms with Gasteiger partial charge in [0.1, 0.15) is 0 Å². The Morgan fingerprint density at radius 2 is 1.86 bits per heavy atom. The summed E-state index contributed by atoms with van der Waals surface area (Å²) in [6.45, 7) is 3.99. The van der Waals surface area contributed by atoms with Crippen molar-refractivity contribution in [3.63, 3.8) is 0 Å². The van der Waals surface area contributed by atoms with Crippen LogP contribution in [0.4, 0.5) is 0 Å². The van der Waals surface area contributed by atoms with Crippen molar-refractivity contribution in [1.29, 1.82) is 0 Å². The lowest BCUT2D eigenvalue weighted by molar-refractivity contribution is 0.727. The topological polar surface area (TPSA) is 29.9 Å². The van der Waals surface area contributed by atoms with Gasteiger partial charge >= 0.3 is 0 Å². The number of hydrogen-bond donors (Lipinski definition) is 1. The van der Waals surface area contributed by atoms with Crippen molar-refractivity contribution < 1.29 is 0 Å². The fourth-order valence-electron chi connectivity index (χ4n) is 2.41. The summed E-state index contributed by atoms with van der Waals surface area (Å²) in [5.74, 6) is 0. The van der Waals surface area contributed by atoms with Gasteiger partial charge in [-0.25, -0.2) is 4.68 Å². The second-order valence-corrected chi connectivity index (χ2v) is 4.94. The molecule has 0 saturated carbocycles. The molecule has 0 aliphatic rings. The Hall–Kier alpha value is -2.39. The Labute approximate surface area is 125 Å². The molecule has 0 atom stereocenters. The van der Waals surface area contributed by atoms with Crippen LogP contribution >= 0.6 is 0 Å². The second kappa shape index (κ2) is 6.37. The van der Waals surface area contributed by atoms with Crippen LogP contribution in [0.15, 0.2) is 66.9 Å². The fourth-order valence-corrected chi connectivity index (χ4v) is 2.41. The molecule has 3 rings (SSSR count). The third-order valence-electron chi connectivity index (χ3n) is 3.45. The smallest absolute Gasteiger partial charge is 0.0741 e. The minimum atomic E-state index is 0.893. The minimum Gasteiger partial charge on any atom is -0.313 e. The highest BCUT2D eigenvalue weighted by Crippen LogP contribution is 2.23. The summed E-state index contributed by atoms with van der Waals surface area (Å²) in [6, 6.07) is 20.9. The van der Waals surface area contributed by atoms with Crippen LogP contribution in [0.3, 0.4) is 0 Å². The summed E-state index contributed by atoms with van der Waals surface area (Å²) in [5.41, 5.74) is 4.66. The van der Waals surface area contributed by atoms with Gasteiger partial charge in [-0.1, -0.05) is 43.3 Å². The standard InChI is InChI=1S/C18H19N3/c1-2-19-14-15-7-6-8-16(13-15)18-11-12-20-21(18)17-9-4-3-5-10-17/h3-13,19H,2,14H2,1H3. The average Bonchev–Trinajstić information content (AvgIpc) is 3.04. The van der Waals surface area contributed by atoms with Crippen molar-refractivity contribution >= 4 is 0 Å². The van der Waals surface area contributed by atoms with Gasteiger partial charge in [-0.2, -0.15) is 5.10 Å². The van der Waals surface area contributed by atoms with Crippen LogP contribution in [0, 0.1) is 0 Å². The second-order valence-electron chi connectivity index (χ2n) is 4.94. The highest BCUT2D eigenvalue weighted by atomic mass is 15.3. The lowest BCUT2D eigenvalue weighted by atomic mass is 10.1. The summed E-state index contributed by atoms with van der Waals surface area (Å²) in [7, 11) is 0. The molecule has 0 aliphatic heterocycles. The third kappa shape index (κ3) is 3.03. The zero-order valence-electron chi connectivity index (χ0n) is 12.2. The molecule has 0 spiro atoms. The van der Waals surface area contributed by atoms with E-state index in [9.17, 15) is 0 Å². The maximum atomic E-state index is 4.46. The maximum Gasteiger partial charge on any atom is 0.0741 e. The first kappa shape index (κ1) is 13.6. The van der Waals surface area contributed by atoms with Crippen LogP contribution in [0.25, 0.3) is 16.9 Å². The predicted octanol–water partition coefficient (Wildman–Crippen LogP) is 3.65. The molecule has 1 N–H and O–H groups in total. The molecule has 2 aromatic carbocycles. The number of rotatable bonds is 5. The van der Waals surface area contributed by atoms with Crippen molar-refractivity contribution in [2.24, 2.45) is 0 Å². The molecule has 0 saturated heterocycles. The van der Waals surface area contributed by atoms with Crippen LogP contribution in [-0.4, -0.2) is 16.3 Å².